The van der Waals surface area contributed by atoms with Gasteiger partial charge in [0.25, 0.3) is 5.91 Å². The van der Waals surface area contributed by atoms with Crippen LogP contribution in [0.5, 0.6) is 0 Å². The summed E-state index contributed by atoms with van der Waals surface area (Å²) < 4.78 is 0. The molecule has 1 saturated carbocycles. The summed E-state index contributed by atoms with van der Waals surface area (Å²) in [6, 6.07) is 16.1. The smallest absolute Gasteiger partial charge is 0.257 e. The zero-order chi connectivity index (χ0) is 23.4. The molecule has 3 amide bonds. The van der Waals surface area contributed by atoms with Gasteiger partial charge in [0, 0.05) is 12.5 Å². The summed E-state index contributed by atoms with van der Waals surface area (Å²) in [4.78, 5) is 42.7. The topological polar surface area (TPSA) is 78.5 Å². The van der Waals surface area contributed by atoms with Crippen molar-refractivity contribution in [3.63, 3.8) is 0 Å². The maximum atomic E-state index is 13.9. The largest absolute Gasteiger partial charge is 0.352 e. The van der Waals surface area contributed by atoms with Crippen LogP contribution >= 0.6 is 0 Å². The van der Waals surface area contributed by atoms with Crippen molar-refractivity contribution in [2.45, 2.75) is 76.4 Å². The molecule has 6 nitrogen and oxygen atoms in total. The van der Waals surface area contributed by atoms with Gasteiger partial charge < -0.3 is 15.5 Å². The first-order valence-electron chi connectivity index (χ1n) is 12.0. The molecule has 1 aliphatic carbocycles. The summed E-state index contributed by atoms with van der Waals surface area (Å²) in [6.07, 6.45) is 6.05. The van der Waals surface area contributed by atoms with Crippen LogP contribution in [-0.2, 0) is 16.0 Å². The zero-order valence-electron chi connectivity index (χ0n) is 19.5. The van der Waals surface area contributed by atoms with Crippen molar-refractivity contribution in [3.05, 3.63) is 65.7 Å². The van der Waals surface area contributed by atoms with Crippen molar-refractivity contribution in [3.8, 4) is 0 Å². The lowest BCUT2D eigenvalue weighted by Gasteiger charge is -2.43. The van der Waals surface area contributed by atoms with E-state index in [0.717, 1.165) is 31.2 Å². The molecule has 0 aromatic heterocycles. The highest BCUT2D eigenvalue weighted by Gasteiger charge is 2.50. The summed E-state index contributed by atoms with van der Waals surface area (Å²) in [6.45, 7) is 3.67. The van der Waals surface area contributed by atoms with Crippen molar-refractivity contribution in [1.29, 1.82) is 0 Å². The molecule has 2 atom stereocenters. The first kappa shape index (κ1) is 23.0. The number of benzene rings is 2. The molecule has 0 saturated heterocycles. The SMILES string of the molecule is CCC(C(=O)NC1CCCCC1)N1C(=O)c2ccccc2NC(=O)C1(C)Cc1ccccc1. The molecule has 2 aromatic carbocycles. The van der Waals surface area contributed by atoms with Crippen LogP contribution in [0.15, 0.2) is 54.6 Å². The Morgan fingerprint density at radius 3 is 2.42 bits per heavy atom. The van der Waals surface area contributed by atoms with Crippen molar-refractivity contribution in [2.24, 2.45) is 0 Å². The average Bonchev–Trinajstić information content (AvgIpc) is 2.90. The lowest BCUT2D eigenvalue weighted by atomic mass is 9.87. The molecule has 0 bridgehead atoms. The van der Waals surface area contributed by atoms with Gasteiger partial charge in [0.05, 0.1) is 11.3 Å². The number of hydrogen-bond donors (Lipinski definition) is 2. The highest BCUT2D eigenvalue weighted by Crippen LogP contribution is 2.34. The Labute approximate surface area is 195 Å². The molecule has 2 unspecified atom stereocenters. The van der Waals surface area contributed by atoms with Crippen molar-refractivity contribution < 1.29 is 14.4 Å². The fourth-order valence-corrected chi connectivity index (χ4v) is 5.17. The van der Waals surface area contributed by atoms with Gasteiger partial charge in [0.1, 0.15) is 11.6 Å². The Hall–Kier alpha value is -3.15. The fourth-order valence-electron chi connectivity index (χ4n) is 5.17. The molecule has 1 fully saturated rings. The number of hydrogen-bond acceptors (Lipinski definition) is 3. The molecule has 1 heterocycles. The number of carbonyl (C=O) groups excluding carboxylic acids is 3. The number of nitrogens with zero attached hydrogens (tertiary/aromatic N) is 1. The van der Waals surface area contributed by atoms with Gasteiger partial charge in [-0.2, -0.15) is 0 Å². The minimum absolute atomic E-state index is 0.129. The van der Waals surface area contributed by atoms with Gasteiger partial charge in [-0.3, -0.25) is 14.4 Å². The van der Waals surface area contributed by atoms with Gasteiger partial charge in [0.2, 0.25) is 11.8 Å². The standard InChI is InChI=1S/C27H33N3O3/c1-3-23(24(31)28-20-14-8-5-9-15-20)30-25(32)21-16-10-11-17-22(21)29-26(33)27(30,2)18-19-12-6-4-7-13-19/h4,6-7,10-13,16-17,20,23H,3,5,8-9,14-15,18H2,1-2H3,(H,28,31)(H,29,33). The molecule has 0 spiro atoms. The molecular weight excluding hydrogens is 414 g/mol. The third-order valence-corrected chi connectivity index (χ3v) is 6.99. The van der Waals surface area contributed by atoms with Gasteiger partial charge in [-0.05, 0) is 43.9 Å². The van der Waals surface area contributed by atoms with Gasteiger partial charge in [-0.1, -0.05) is 68.7 Å². The second-order valence-electron chi connectivity index (χ2n) is 9.38. The van der Waals surface area contributed by atoms with E-state index >= 15 is 0 Å². The summed E-state index contributed by atoms with van der Waals surface area (Å²) in [7, 11) is 0. The van der Waals surface area contributed by atoms with Crippen LogP contribution in [0.2, 0.25) is 0 Å². The molecule has 4 rings (SSSR count). The van der Waals surface area contributed by atoms with Gasteiger partial charge >= 0.3 is 0 Å². The number of para-hydroxylation sites is 1. The quantitative estimate of drug-likeness (QED) is 0.693. The minimum Gasteiger partial charge on any atom is -0.352 e. The number of rotatable bonds is 6. The van der Waals surface area contributed by atoms with Crippen LogP contribution in [0.1, 0.15) is 68.3 Å². The Kier molecular flexibility index (Phi) is 6.82. The summed E-state index contributed by atoms with van der Waals surface area (Å²) in [5, 5.41) is 6.14. The Bertz CT molecular complexity index is 1020. The van der Waals surface area contributed by atoms with Crippen LogP contribution in [0.3, 0.4) is 0 Å². The Morgan fingerprint density at radius 1 is 1.06 bits per heavy atom. The van der Waals surface area contributed by atoms with Crippen LogP contribution < -0.4 is 10.6 Å². The molecular formula is C27H33N3O3. The molecule has 2 aromatic rings. The molecule has 2 N–H and O–H groups in total. The predicted octanol–water partition coefficient (Wildman–Crippen LogP) is 4.31. The number of fused-ring (bicyclic) bond motifs is 1. The van der Waals surface area contributed by atoms with Crippen LogP contribution in [0, 0.1) is 0 Å². The molecule has 174 valence electrons. The van der Waals surface area contributed by atoms with Crippen molar-refractivity contribution in [2.75, 3.05) is 5.32 Å². The Morgan fingerprint density at radius 2 is 1.73 bits per heavy atom. The van der Waals surface area contributed by atoms with Crippen LogP contribution in [0.4, 0.5) is 5.69 Å². The number of anilines is 1. The second-order valence-corrected chi connectivity index (χ2v) is 9.38. The zero-order valence-corrected chi connectivity index (χ0v) is 19.5. The molecule has 6 heteroatoms. The first-order valence-corrected chi connectivity index (χ1v) is 12.0. The maximum Gasteiger partial charge on any atom is 0.257 e. The van der Waals surface area contributed by atoms with E-state index in [4.69, 9.17) is 0 Å². The van der Waals surface area contributed by atoms with Crippen LogP contribution in [-0.4, -0.2) is 40.2 Å². The van der Waals surface area contributed by atoms with E-state index in [1.165, 1.54) is 6.42 Å². The summed E-state index contributed by atoms with van der Waals surface area (Å²) in [5.41, 5.74) is 0.590. The maximum absolute atomic E-state index is 13.9. The molecule has 2 aliphatic rings. The van der Waals surface area contributed by atoms with Crippen molar-refractivity contribution in [1.82, 2.24) is 10.2 Å². The van der Waals surface area contributed by atoms with Gasteiger partial charge in [-0.15, -0.1) is 0 Å². The summed E-state index contributed by atoms with van der Waals surface area (Å²) >= 11 is 0. The average molecular weight is 448 g/mol. The normalized spacial score (nSPS) is 22.2. The molecule has 33 heavy (non-hydrogen) atoms. The third-order valence-electron chi connectivity index (χ3n) is 6.99. The van der Waals surface area contributed by atoms with Crippen LogP contribution in [0.25, 0.3) is 0 Å². The number of amides is 3. The van der Waals surface area contributed by atoms with Gasteiger partial charge in [0.15, 0.2) is 0 Å². The van der Waals surface area contributed by atoms with E-state index in [1.54, 1.807) is 36.1 Å². The Balaban J connectivity index is 1.75. The third kappa shape index (κ3) is 4.65. The van der Waals surface area contributed by atoms with Crippen molar-refractivity contribution >= 4 is 23.4 Å². The van der Waals surface area contributed by atoms with E-state index in [0.29, 0.717) is 24.1 Å². The predicted molar refractivity (Wildman–Crippen MR) is 129 cm³/mol. The minimum atomic E-state index is -1.23. The molecule has 1 aliphatic heterocycles. The highest BCUT2D eigenvalue weighted by molar-refractivity contribution is 6.12. The van der Waals surface area contributed by atoms with E-state index in [9.17, 15) is 14.4 Å². The van der Waals surface area contributed by atoms with E-state index in [1.807, 2.05) is 37.3 Å². The first-order chi connectivity index (χ1) is 15.9. The lowest BCUT2D eigenvalue weighted by molar-refractivity contribution is -0.133. The summed E-state index contributed by atoms with van der Waals surface area (Å²) in [5.74, 6) is -0.759. The number of nitrogens with one attached hydrogen (secondary N) is 2. The van der Waals surface area contributed by atoms with Gasteiger partial charge in [-0.25, -0.2) is 0 Å². The fraction of sp³-hybridized carbons (Fsp3) is 0.444. The highest BCUT2D eigenvalue weighted by atomic mass is 16.2. The van der Waals surface area contributed by atoms with E-state index < -0.39 is 11.6 Å². The van der Waals surface area contributed by atoms with E-state index in [-0.39, 0.29) is 23.8 Å². The molecule has 0 radical (unpaired) electrons. The number of carbonyl (C=O) groups is 3. The lowest BCUT2D eigenvalue weighted by Crippen LogP contribution is -2.64. The second kappa shape index (κ2) is 9.77. The monoisotopic (exact) mass is 447 g/mol. The van der Waals surface area contributed by atoms with E-state index in [2.05, 4.69) is 10.6 Å².